The van der Waals surface area contributed by atoms with E-state index >= 15 is 0 Å². The zero-order valence-corrected chi connectivity index (χ0v) is 12.4. The molecule has 1 rings (SSSR count). The summed E-state index contributed by atoms with van der Waals surface area (Å²) >= 11 is 0. The van der Waals surface area contributed by atoms with E-state index in [1.54, 1.807) is 0 Å². The molecule has 1 heterocycles. The Morgan fingerprint density at radius 2 is 2.21 bits per heavy atom. The molecular weight excluding hydrogens is 238 g/mol. The molecule has 0 aromatic rings. The van der Waals surface area contributed by atoms with Crippen molar-refractivity contribution in [1.82, 2.24) is 4.90 Å². The predicted molar refractivity (Wildman–Crippen MR) is 79.3 cm³/mol. The second kappa shape index (κ2) is 8.36. The van der Waals surface area contributed by atoms with Crippen LogP contribution in [0.4, 0.5) is 0 Å². The molecule has 1 aliphatic rings. The van der Waals surface area contributed by atoms with Crippen LogP contribution in [0.2, 0.25) is 0 Å². The van der Waals surface area contributed by atoms with Gasteiger partial charge in [-0.1, -0.05) is 25.8 Å². The number of allylic oxidation sites excluding steroid dienone is 1. The molecule has 0 aromatic heterocycles. The number of carboxylic acid groups (broad SMARTS) is 1. The lowest BCUT2D eigenvalue weighted by Gasteiger charge is -2.40. The first-order valence-electron chi connectivity index (χ1n) is 7.71. The molecule has 0 amide bonds. The normalized spacial score (nSPS) is 24.3. The molecule has 1 aliphatic heterocycles. The van der Waals surface area contributed by atoms with Gasteiger partial charge in [0.1, 0.15) is 0 Å². The Labute approximate surface area is 117 Å². The Balaban J connectivity index is 2.39. The van der Waals surface area contributed by atoms with Crippen LogP contribution < -0.4 is 0 Å². The molecule has 110 valence electrons. The van der Waals surface area contributed by atoms with Crippen molar-refractivity contribution in [3.05, 3.63) is 12.7 Å². The third-order valence-electron chi connectivity index (χ3n) is 4.22. The van der Waals surface area contributed by atoms with E-state index in [9.17, 15) is 9.90 Å². The first-order valence-corrected chi connectivity index (χ1v) is 7.71. The number of piperidine rings is 1. The summed E-state index contributed by atoms with van der Waals surface area (Å²) in [5.41, 5.74) is -0.478. The first kappa shape index (κ1) is 16.2. The zero-order chi connectivity index (χ0) is 14.1. The van der Waals surface area contributed by atoms with Crippen molar-refractivity contribution in [1.29, 1.82) is 0 Å². The molecule has 0 radical (unpaired) electrons. The fourth-order valence-electron chi connectivity index (χ4n) is 3.18. The third-order valence-corrected chi connectivity index (χ3v) is 4.22. The second-order valence-corrected chi connectivity index (χ2v) is 5.85. The molecule has 19 heavy (non-hydrogen) atoms. The number of hydrogen-bond donors (Lipinski definition) is 1. The summed E-state index contributed by atoms with van der Waals surface area (Å²) < 4.78 is 0. The van der Waals surface area contributed by atoms with Crippen molar-refractivity contribution < 1.29 is 9.90 Å². The fourth-order valence-corrected chi connectivity index (χ4v) is 3.18. The maximum absolute atomic E-state index is 11.6. The van der Waals surface area contributed by atoms with Gasteiger partial charge in [0.2, 0.25) is 0 Å². The van der Waals surface area contributed by atoms with E-state index in [0.717, 1.165) is 51.7 Å². The molecule has 1 atom stereocenters. The van der Waals surface area contributed by atoms with Crippen LogP contribution >= 0.6 is 0 Å². The standard InChI is InChI=1S/C16H29NO2/c1-3-5-6-7-8-12-17-13-9-11-16(14-17,10-4-2)15(18)19/h3H,1,4-14H2,2H3,(H,18,19). The van der Waals surface area contributed by atoms with Gasteiger partial charge < -0.3 is 10.0 Å². The van der Waals surface area contributed by atoms with Gasteiger partial charge in [0.25, 0.3) is 0 Å². The van der Waals surface area contributed by atoms with Gasteiger partial charge in [0.15, 0.2) is 0 Å². The van der Waals surface area contributed by atoms with E-state index in [1.807, 2.05) is 6.08 Å². The van der Waals surface area contributed by atoms with Gasteiger partial charge in [-0.15, -0.1) is 6.58 Å². The monoisotopic (exact) mass is 267 g/mol. The smallest absolute Gasteiger partial charge is 0.310 e. The van der Waals surface area contributed by atoms with Crippen molar-refractivity contribution in [3.63, 3.8) is 0 Å². The Bertz CT molecular complexity index is 286. The number of likely N-dealkylation sites (tertiary alicyclic amines) is 1. The van der Waals surface area contributed by atoms with Crippen molar-refractivity contribution in [2.75, 3.05) is 19.6 Å². The molecule has 1 unspecified atom stereocenters. The van der Waals surface area contributed by atoms with Crippen LogP contribution in [-0.2, 0) is 4.79 Å². The van der Waals surface area contributed by atoms with E-state index in [4.69, 9.17) is 0 Å². The number of carbonyl (C=O) groups is 1. The van der Waals surface area contributed by atoms with E-state index in [0.29, 0.717) is 0 Å². The van der Waals surface area contributed by atoms with Gasteiger partial charge in [0, 0.05) is 6.54 Å². The van der Waals surface area contributed by atoms with Crippen LogP contribution in [0.1, 0.15) is 58.3 Å². The van der Waals surface area contributed by atoms with Crippen LogP contribution in [0, 0.1) is 5.41 Å². The Kier molecular flexibility index (Phi) is 7.14. The van der Waals surface area contributed by atoms with E-state index in [2.05, 4.69) is 18.4 Å². The van der Waals surface area contributed by atoms with Gasteiger partial charge in [-0.05, 0) is 51.6 Å². The molecule has 1 N–H and O–H groups in total. The molecule has 3 heteroatoms. The zero-order valence-electron chi connectivity index (χ0n) is 12.4. The van der Waals surface area contributed by atoms with Crippen molar-refractivity contribution in [2.45, 2.75) is 58.3 Å². The number of rotatable bonds is 9. The summed E-state index contributed by atoms with van der Waals surface area (Å²) in [5, 5.41) is 9.54. The molecular formula is C16H29NO2. The maximum Gasteiger partial charge on any atom is 0.310 e. The van der Waals surface area contributed by atoms with Gasteiger partial charge >= 0.3 is 5.97 Å². The molecule has 0 spiro atoms. The van der Waals surface area contributed by atoms with E-state index in [-0.39, 0.29) is 0 Å². The van der Waals surface area contributed by atoms with E-state index < -0.39 is 11.4 Å². The minimum atomic E-state index is -0.592. The SMILES string of the molecule is C=CCCCCCN1CCCC(CCC)(C(=O)O)C1. The summed E-state index contributed by atoms with van der Waals surface area (Å²) in [4.78, 5) is 14.0. The maximum atomic E-state index is 11.6. The summed E-state index contributed by atoms with van der Waals surface area (Å²) in [5.74, 6) is -0.592. The third kappa shape index (κ3) is 4.98. The van der Waals surface area contributed by atoms with Crippen molar-refractivity contribution in [3.8, 4) is 0 Å². The van der Waals surface area contributed by atoms with Crippen molar-refractivity contribution >= 4 is 5.97 Å². The van der Waals surface area contributed by atoms with Gasteiger partial charge in [-0.2, -0.15) is 0 Å². The Morgan fingerprint density at radius 3 is 2.84 bits per heavy atom. The summed E-state index contributed by atoms with van der Waals surface area (Å²) in [6, 6.07) is 0. The van der Waals surface area contributed by atoms with Crippen LogP contribution in [-0.4, -0.2) is 35.6 Å². The van der Waals surface area contributed by atoms with Crippen LogP contribution in [0.25, 0.3) is 0 Å². The molecule has 0 bridgehead atoms. The number of aliphatic carboxylic acids is 1. The molecule has 0 aromatic carbocycles. The average molecular weight is 267 g/mol. The molecule has 0 aliphatic carbocycles. The highest BCUT2D eigenvalue weighted by molar-refractivity contribution is 5.75. The molecule has 0 saturated carbocycles. The minimum absolute atomic E-state index is 0.478. The largest absolute Gasteiger partial charge is 0.481 e. The Hall–Kier alpha value is -0.830. The van der Waals surface area contributed by atoms with E-state index in [1.165, 1.54) is 19.3 Å². The second-order valence-electron chi connectivity index (χ2n) is 5.85. The average Bonchev–Trinajstić information content (AvgIpc) is 2.39. The molecule has 1 fully saturated rings. The number of unbranched alkanes of at least 4 members (excludes halogenated alkanes) is 3. The quantitative estimate of drug-likeness (QED) is 0.511. The number of carboxylic acids is 1. The van der Waals surface area contributed by atoms with Gasteiger partial charge in [-0.25, -0.2) is 0 Å². The number of hydrogen-bond acceptors (Lipinski definition) is 2. The Morgan fingerprint density at radius 1 is 1.42 bits per heavy atom. The van der Waals surface area contributed by atoms with Gasteiger partial charge in [-0.3, -0.25) is 4.79 Å². The molecule has 3 nitrogen and oxygen atoms in total. The lowest BCUT2D eigenvalue weighted by molar-refractivity contribution is -0.153. The van der Waals surface area contributed by atoms with Crippen molar-refractivity contribution in [2.24, 2.45) is 5.41 Å². The highest BCUT2D eigenvalue weighted by atomic mass is 16.4. The highest BCUT2D eigenvalue weighted by Crippen LogP contribution is 2.35. The fraction of sp³-hybridized carbons (Fsp3) is 0.812. The predicted octanol–water partition coefficient (Wildman–Crippen LogP) is 3.70. The summed E-state index contributed by atoms with van der Waals surface area (Å²) in [6.07, 6.45) is 10.3. The lowest BCUT2D eigenvalue weighted by atomic mass is 9.76. The summed E-state index contributed by atoms with van der Waals surface area (Å²) in [6.45, 7) is 8.68. The highest BCUT2D eigenvalue weighted by Gasteiger charge is 2.41. The van der Waals surface area contributed by atoms with Crippen LogP contribution in [0.15, 0.2) is 12.7 Å². The lowest BCUT2D eigenvalue weighted by Crippen LogP contribution is -2.48. The van der Waals surface area contributed by atoms with Crippen LogP contribution in [0.5, 0.6) is 0 Å². The number of nitrogens with zero attached hydrogens (tertiary/aromatic N) is 1. The first-order chi connectivity index (χ1) is 9.14. The topological polar surface area (TPSA) is 40.5 Å². The summed E-state index contributed by atoms with van der Waals surface area (Å²) in [7, 11) is 0. The van der Waals surface area contributed by atoms with Crippen LogP contribution in [0.3, 0.4) is 0 Å². The minimum Gasteiger partial charge on any atom is -0.481 e. The van der Waals surface area contributed by atoms with Gasteiger partial charge in [0.05, 0.1) is 5.41 Å². The molecule has 1 saturated heterocycles.